The highest BCUT2D eigenvalue weighted by atomic mass is 35.5. The average Bonchev–Trinajstić information content (AvgIpc) is 2.91. The zero-order valence-electron chi connectivity index (χ0n) is 14.2. The summed E-state index contributed by atoms with van der Waals surface area (Å²) in [5.74, 6) is 1.38. The van der Waals surface area contributed by atoms with E-state index in [0.717, 1.165) is 6.42 Å². The molecule has 1 aromatic heterocycles. The first kappa shape index (κ1) is 17.1. The van der Waals surface area contributed by atoms with Gasteiger partial charge in [-0.3, -0.25) is 4.79 Å². The molecule has 0 fully saturated rings. The molecule has 2 aromatic carbocycles. The van der Waals surface area contributed by atoms with E-state index >= 15 is 0 Å². The second-order valence-electron chi connectivity index (χ2n) is 5.97. The summed E-state index contributed by atoms with van der Waals surface area (Å²) in [5, 5.41) is 10.5. The number of nitriles is 1. The number of fused-ring (bicyclic) bond motifs is 2. The van der Waals surface area contributed by atoms with Crippen LogP contribution in [0.3, 0.4) is 0 Å². The maximum Gasteiger partial charge on any atom is 0.259 e. The van der Waals surface area contributed by atoms with Gasteiger partial charge in [0.2, 0.25) is 0 Å². The molecule has 2 heterocycles. The third-order valence-corrected chi connectivity index (χ3v) is 4.38. The van der Waals surface area contributed by atoms with Gasteiger partial charge in [0.05, 0.1) is 29.7 Å². The van der Waals surface area contributed by atoms with Crippen molar-refractivity contribution in [3.8, 4) is 17.6 Å². The molecule has 4 rings (SSSR count). The Morgan fingerprint density at radius 2 is 2.11 bits per heavy atom. The first-order valence-electron chi connectivity index (χ1n) is 8.36. The van der Waals surface area contributed by atoms with E-state index in [4.69, 9.17) is 21.1 Å². The van der Waals surface area contributed by atoms with Crippen LogP contribution in [0, 0.1) is 11.3 Å². The summed E-state index contributed by atoms with van der Waals surface area (Å²) in [5.41, 5.74) is 0.975. The predicted molar refractivity (Wildman–Crippen MR) is 103 cm³/mol. The number of aromatic nitrogens is 2. The molecule has 0 atom stereocenters. The minimum atomic E-state index is -0.334. The van der Waals surface area contributed by atoms with Crippen LogP contribution in [-0.2, 0) is 0 Å². The quantitative estimate of drug-likeness (QED) is 0.684. The van der Waals surface area contributed by atoms with E-state index in [1.54, 1.807) is 24.3 Å². The number of halogens is 1. The van der Waals surface area contributed by atoms with E-state index in [9.17, 15) is 10.1 Å². The van der Waals surface area contributed by atoms with Crippen molar-refractivity contribution >= 4 is 34.2 Å². The van der Waals surface area contributed by atoms with E-state index in [1.165, 1.54) is 0 Å². The maximum absolute atomic E-state index is 12.3. The lowest BCUT2D eigenvalue weighted by molar-refractivity contribution is 0.296. The molecule has 27 heavy (non-hydrogen) atoms. The summed E-state index contributed by atoms with van der Waals surface area (Å²) < 4.78 is 11.5. The van der Waals surface area contributed by atoms with E-state index < -0.39 is 0 Å². The predicted octanol–water partition coefficient (Wildman–Crippen LogP) is 3.80. The summed E-state index contributed by atoms with van der Waals surface area (Å²) >= 11 is 6.00. The van der Waals surface area contributed by atoms with Gasteiger partial charge < -0.3 is 14.5 Å². The monoisotopic (exact) mass is 379 g/mol. The topological polar surface area (TPSA) is 88.0 Å². The number of hydrogen-bond acceptors (Lipinski definition) is 5. The van der Waals surface area contributed by atoms with E-state index in [0.29, 0.717) is 46.2 Å². The molecule has 0 aliphatic carbocycles. The Hall–Kier alpha value is -3.30. The Balaban J connectivity index is 1.85. The van der Waals surface area contributed by atoms with Crippen molar-refractivity contribution in [3.63, 3.8) is 0 Å². The molecule has 0 radical (unpaired) electrons. The zero-order valence-corrected chi connectivity index (χ0v) is 14.9. The van der Waals surface area contributed by atoms with Gasteiger partial charge in [0.15, 0.2) is 17.3 Å². The second-order valence-corrected chi connectivity index (χ2v) is 6.41. The van der Waals surface area contributed by atoms with Crippen molar-refractivity contribution < 1.29 is 9.47 Å². The van der Waals surface area contributed by atoms with Gasteiger partial charge in [-0.15, -0.1) is 0 Å². The molecular formula is C20H14ClN3O3. The van der Waals surface area contributed by atoms with Crippen LogP contribution < -0.4 is 15.0 Å². The minimum absolute atomic E-state index is 0.171. The Bertz CT molecular complexity index is 1160. The average molecular weight is 380 g/mol. The number of allylic oxidation sites excluding steroid dienone is 1. The molecule has 1 aliphatic heterocycles. The van der Waals surface area contributed by atoms with E-state index in [1.807, 2.05) is 18.2 Å². The van der Waals surface area contributed by atoms with Gasteiger partial charge in [0.1, 0.15) is 6.07 Å². The van der Waals surface area contributed by atoms with Crippen LogP contribution in [0.25, 0.3) is 22.6 Å². The van der Waals surface area contributed by atoms with Gasteiger partial charge in [-0.05, 0) is 30.3 Å². The smallest absolute Gasteiger partial charge is 0.259 e. The number of benzene rings is 2. The molecule has 1 aliphatic rings. The normalized spacial score (nSPS) is 13.9. The molecule has 0 saturated carbocycles. The molecule has 7 heteroatoms. The van der Waals surface area contributed by atoms with E-state index in [-0.39, 0.29) is 17.0 Å². The van der Waals surface area contributed by atoms with Crippen molar-refractivity contribution in [1.82, 2.24) is 9.97 Å². The standard InChI is InChI=1S/C20H14ClN3O3/c21-14-5-6-15-16(10-14)23-19(24-20(15)25)13(11-22)9-12-3-1-4-17-18(12)27-8-2-7-26-17/h1,3-6,9-10H,2,7-8H2,(H,23,24,25)/b13-9-. The van der Waals surface area contributed by atoms with Gasteiger partial charge >= 0.3 is 0 Å². The molecule has 0 amide bonds. The van der Waals surface area contributed by atoms with Crippen LogP contribution in [0.2, 0.25) is 5.02 Å². The number of hydrogen-bond donors (Lipinski definition) is 1. The third-order valence-electron chi connectivity index (χ3n) is 4.15. The summed E-state index contributed by atoms with van der Waals surface area (Å²) in [6.07, 6.45) is 2.41. The SMILES string of the molecule is N#C/C(=C/c1cccc2c1OCCCO2)c1nc2cc(Cl)ccc2c(=O)[nH]1. The Labute approximate surface area is 159 Å². The van der Waals surface area contributed by atoms with Crippen LogP contribution in [0.1, 0.15) is 17.8 Å². The fraction of sp³-hybridized carbons (Fsp3) is 0.150. The Kier molecular flexibility index (Phi) is 4.53. The third kappa shape index (κ3) is 3.37. The molecule has 1 N–H and O–H groups in total. The molecule has 0 unspecified atom stereocenters. The van der Waals surface area contributed by atoms with Gasteiger partial charge in [0.25, 0.3) is 5.56 Å². The largest absolute Gasteiger partial charge is 0.490 e. The van der Waals surface area contributed by atoms with Gasteiger partial charge in [0, 0.05) is 17.0 Å². The molecule has 0 saturated heterocycles. The molecule has 3 aromatic rings. The summed E-state index contributed by atoms with van der Waals surface area (Å²) in [4.78, 5) is 19.4. The maximum atomic E-state index is 12.3. The highest BCUT2D eigenvalue weighted by Crippen LogP contribution is 2.35. The Morgan fingerprint density at radius 3 is 2.96 bits per heavy atom. The van der Waals surface area contributed by atoms with Gasteiger partial charge in [-0.1, -0.05) is 23.7 Å². The number of aromatic amines is 1. The number of H-pyrrole nitrogens is 1. The fourth-order valence-corrected chi connectivity index (χ4v) is 3.05. The van der Waals surface area contributed by atoms with Crippen molar-refractivity contribution in [2.75, 3.05) is 13.2 Å². The number of nitrogens with one attached hydrogen (secondary N) is 1. The number of rotatable bonds is 2. The lowest BCUT2D eigenvalue weighted by Gasteiger charge is -2.10. The first-order valence-corrected chi connectivity index (χ1v) is 8.74. The van der Waals surface area contributed by atoms with Crippen LogP contribution in [0.15, 0.2) is 41.2 Å². The summed E-state index contributed by atoms with van der Waals surface area (Å²) in [7, 11) is 0. The van der Waals surface area contributed by atoms with E-state index in [2.05, 4.69) is 16.0 Å². The van der Waals surface area contributed by atoms with Crippen LogP contribution >= 0.6 is 11.6 Å². The second kappa shape index (κ2) is 7.14. The fourth-order valence-electron chi connectivity index (χ4n) is 2.88. The minimum Gasteiger partial charge on any atom is -0.490 e. The van der Waals surface area contributed by atoms with Gasteiger partial charge in [-0.2, -0.15) is 5.26 Å². The van der Waals surface area contributed by atoms with Crippen LogP contribution in [0.5, 0.6) is 11.5 Å². The van der Waals surface area contributed by atoms with Crippen molar-refractivity contribution in [1.29, 1.82) is 5.26 Å². The highest BCUT2D eigenvalue weighted by Gasteiger charge is 2.15. The Morgan fingerprint density at radius 1 is 1.26 bits per heavy atom. The molecule has 134 valence electrons. The van der Waals surface area contributed by atoms with Crippen molar-refractivity contribution in [2.24, 2.45) is 0 Å². The molecule has 6 nitrogen and oxygen atoms in total. The summed E-state index contributed by atoms with van der Waals surface area (Å²) in [6.45, 7) is 1.11. The first-order chi connectivity index (χ1) is 13.2. The zero-order chi connectivity index (χ0) is 18.8. The summed E-state index contributed by atoms with van der Waals surface area (Å²) in [6, 6.07) is 12.4. The molecular weight excluding hydrogens is 366 g/mol. The lowest BCUT2D eigenvalue weighted by atomic mass is 10.1. The molecule has 0 spiro atoms. The van der Waals surface area contributed by atoms with Crippen molar-refractivity contribution in [3.05, 3.63) is 63.2 Å². The van der Waals surface area contributed by atoms with Crippen LogP contribution in [-0.4, -0.2) is 23.2 Å². The molecule has 0 bridgehead atoms. The van der Waals surface area contributed by atoms with Crippen molar-refractivity contribution in [2.45, 2.75) is 6.42 Å². The van der Waals surface area contributed by atoms with Gasteiger partial charge in [-0.25, -0.2) is 4.98 Å². The van der Waals surface area contributed by atoms with Crippen LogP contribution in [0.4, 0.5) is 0 Å². The number of para-hydroxylation sites is 1. The lowest BCUT2D eigenvalue weighted by Crippen LogP contribution is -2.11. The highest BCUT2D eigenvalue weighted by molar-refractivity contribution is 6.31. The number of nitrogens with zero attached hydrogens (tertiary/aromatic N) is 2. The number of ether oxygens (including phenoxy) is 2.